The van der Waals surface area contributed by atoms with E-state index in [1.165, 1.54) is 5.56 Å². The smallest absolute Gasteiger partial charge is 0.224 e. The number of halogens is 1. The van der Waals surface area contributed by atoms with Crippen molar-refractivity contribution in [3.05, 3.63) is 52.8 Å². The van der Waals surface area contributed by atoms with Crippen LogP contribution in [0.25, 0.3) is 0 Å². The lowest BCUT2D eigenvalue weighted by Crippen LogP contribution is -2.48. The SMILES string of the molecule is Cc1ccnn1CCC(=O)N1CCN(Cc2cccc(Cl)c2)CC1. The van der Waals surface area contributed by atoms with Gasteiger partial charge in [-0.05, 0) is 30.7 Å². The Balaban J connectivity index is 1.44. The fraction of sp³-hybridized carbons (Fsp3) is 0.444. The average molecular weight is 347 g/mol. The molecule has 1 saturated heterocycles. The Morgan fingerprint density at radius 2 is 2.00 bits per heavy atom. The van der Waals surface area contributed by atoms with Crippen LogP contribution in [-0.2, 0) is 17.9 Å². The van der Waals surface area contributed by atoms with Gasteiger partial charge in [0.25, 0.3) is 0 Å². The number of benzene rings is 1. The van der Waals surface area contributed by atoms with E-state index in [1.807, 2.05) is 40.8 Å². The summed E-state index contributed by atoms with van der Waals surface area (Å²) in [7, 11) is 0. The number of nitrogens with zero attached hydrogens (tertiary/aromatic N) is 4. The number of carbonyl (C=O) groups is 1. The molecule has 0 unspecified atom stereocenters. The minimum atomic E-state index is 0.215. The first-order valence-corrected chi connectivity index (χ1v) is 8.72. The van der Waals surface area contributed by atoms with E-state index < -0.39 is 0 Å². The Labute approximate surface area is 147 Å². The zero-order valence-corrected chi connectivity index (χ0v) is 14.7. The molecular formula is C18H23ClN4O. The van der Waals surface area contributed by atoms with Crippen LogP contribution in [0.3, 0.4) is 0 Å². The van der Waals surface area contributed by atoms with Crippen molar-refractivity contribution in [1.29, 1.82) is 0 Å². The molecule has 0 atom stereocenters. The topological polar surface area (TPSA) is 41.4 Å². The van der Waals surface area contributed by atoms with Crippen LogP contribution in [-0.4, -0.2) is 51.7 Å². The lowest BCUT2D eigenvalue weighted by molar-refractivity contribution is -0.133. The van der Waals surface area contributed by atoms with E-state index in [-0.39, 0.29) is 5.91 Å². The first-order valence-electron chi connectivity index (χ1n) is 8.35. The number of piperazine rings is 1. The molecule has 0 aliphatic carbocycles. The van der Waals surface area contributed by atoms with Gasteiger partial charge in [0.1, 0.15) is 0 Å². The number of amides is 1. The zero-order valence-electron chi connectivity index (χ0n) is 14.0. The molecule has 1 aliphatic heterocycles. The Morgan fingerprint density at radius 3 is 2.67 bits per heavy atom. The number of aryl methyl sites for hydroxylation is 2. The summed E-state index contributed by atoms with van der Waals surface area (Å²) in [5.41, 5.74) is 2.31. The van der Waals surface area contributed by atoms with Crippen molar-refractivity contribution >= 4 is 17.5 Å². The van der Waals surface area contributed by atoms with Crippen LogP contribution in [0.5, 0.6) is 0 Å². The summed E-state index contributed by atoms with van der Waals surface area (Å²) >= 11 is 6.04. The molecular weight excluding hydrogens is 324 g/mol. The van der Waals surface area contributed by atoms with Gasteiger partial charge in [-0.25, -0.2) is 0 Å². The lowest BCUT2D eigenvalue weighted by Gasteiger charge is -2.34. The molecule has 1 aromatic carbocycles. The monoisotopic (exact) mass is 346 g/mol. The van der Waals surface area contributed by atoms with Crippen LogP contribution in [0.2, 0.25) is 5.02 Å². The van der Waals surface area contributed by atoms with E-state index in [2.05, 4.69) is 16.1 Å². The predicted molar refractivity (Wildman–Crippen MR) is 94.9 cm³/mol. The van der Waals surface area contributed by atoms with Crippen LogP contribution < -0.4 is 0 Å². The quantitative estimate of drug-likeness (QED) is 0.835. The molecule has 1 aromatic heterocycles. The summed E-state index contributed by atoms with van der Waals surface area (Å²) in [5, 5.41) is 5.00. The Hall–Kier alpha value is -1.85. The summed E-state index contributed by atoms with van der Waals surface area (Å²) in [4.78, 5) is 16.7. The molecule has 0 radical (unpaired) electrons. The molecule has 0 bridgehead atoms. The number of aromatic nitrogens is 2. The molecule has 0 saturated carbocycles. The van der Waals surface area contributed by atoms with Crippen molar-refractivity contribution in [3.8, 4) is 0 Å². The summed E-state index contributed by atoms with van der Waals surface area (Å²) in [6, 6.07) is 9.93. The van der Waals surface area contributed by atoms with Gasteiger partial charge < -0.3 is 4.90 Å². The molecule has 1 fully saturated rings. The Kier molecular flexibility index (Phi) is 5.53. The summed E-state index contributed by atoms with van der Waals surface area (Å²) in [5.74, 6) is 0.215. The second kappa shape index (κ2) is 7.81. The molecule has 1 amide bonds. The predicted octanol–water partition coefficient (Wildman–Crippen LogP) is 2.58. The molecule has 2 aromatic rings. The summed E-state index contributed by atoms with van der Waals surface area (Å²) in [6.45, 7) is 6.93. The second-order valence-electron chi connectivity index (χ2n) is 6.23. The fourth-order valence-corrected chi connectivity index (χ4v) is 3.25. The molecule has 5 nitrogen and oxygen atoms in total. The van der Waals surface area contributed by atoms with Crippen LogP contribution in [0, 0.1) is 6.92 Å². The highest BCUT2D eigenvalue weighted by molar-refractivity contribution is 6.30. The van der Waals surface area contributed by atoms with Crippen LogP contribution in [0.15, 0.2) is 36.5 Å². The molecule has 0 N–H and O–H groups in total. The molecule has 1 aliphatic rings. The number of hydrogen-bond donors (Lipinski definition) is 0. The maximum absolute atomic E-state index is 12.4. The standard InChI is InChI=1S/C18H23ClN4O/c1-15-5-7-20-23(15)8-6-18(24)22-11-9-21(10-12-22)14-16-3-2-4-17(19)13-16/h2-5,7,13H,6,8-12,14H2,1H3. The highest BCUT2D eigenvalue weighted by Gasteiger charge is 2.21. The molecule has 0 spiro atoms. The van der Waals surface area contributed by atoms with E-state index >= 15 is 0 Å². The van der Waals surface area contributed by atoms with Gasteiger partial charge in [-0.1, -0.05) is 23.7 Å². The maximum Gasteiger partial charge on any atom is 0.224 e. The molecule has 6 heteroatoms. The average Bonchev–Trinajstić information content (AvgIpc) is 2.98. The van der Waals surface area contributed by atoms with E-state index in [0.717, 1.165) is 43.4 Å². The van der Waals surface area contributed by atoms with E-state index in [0.29, 0.717) is 13.0 Å². The van der Waals surface area contributed by atoms with Gasteiger partial charge in [0.15, 0.2) is 0 Å². The number of carbonyl (C=O) groups excluding carboxylic acids is 1. The second-order valence-corrected chi connectivity index (χ2v) is 6.67. The van der Waals surface area contributed by atoms with Gasteiger partial charge in [0, 0.05) is 62.6 Å². The first kappa shape index (κ1) is 17.0. The van der Waals surface area contributed by atoms with Crippen molar-refractivity contribution in [2.24, 2.45) is 0 Å². The van der Waals surface area contributed by atoms with Gasteiger partial charge in [-0.2, -0.15) is 5.10 Å². The van der Waals surface area contributed by atoms with Crippen LogP contribution in [0.1, 0.15) is 17.7 Å². The Bertz CT molecular complexity index is 692. The van der Waals surface area contributed by atoms with Gasteiger partial charge in [0.05, 0.1) is 0 Å². The van der Waals surface area contributed by atoms with Crippen molar-refractivity contribution in [1.82, 2.24) is 19.6 Å². The van der Waals surface area contributed by atoms with Crippen LogP contribution >= 0.6 is 11.6 Å². The Morgan fingerprint density at radius 1 is 1.21 bits per heavy atom. The van der Waals surface area contributed by atoms with Gasteiger partial charge in [-0.15, -0.1) is 0 Å². The third-order valence-electron chi connectivity index (χ3n) is 4.49. The third-order valence-corrected chi connectivity index (χ3v) is 4.72. The van der Waals surface area contributed by atoms with E-state index in [9.17, 15) is 4.79 Å². The van der Waals surface area contributed by atoms with E-state index in [1.54, 1.807) is 6.20 Å². The van der Waals surface area contributed by atoms with Gasteiger partial charge >= 0.3 is 0 Å². The highest BCUT2D eigenvalue weighted by atomic mass is 35.5. The van der Waals surface area contributed by atoms with Gasteiger partial charge in [0.2, 0.25) is 5.91 Å². The molecule has 24 heavy (non-hydrogen) atoms. The largest absolute Gasteiger partial charge is 0.340 e. The number of hydrogen-bond acceptors (Lipinski definition) is 3. The van der Waals surface area contributed by atoms with Gasteiger partial charge in [-0.3, -0.25) is 14.4 Å². The highest BCUT2D eigenvalue weighted by Crippen LogP contribution is 2.14. The summed E-state index contributed by atoms with van der Waals surface area (Å²) in [6.07, 6.45) is 2.28. The maximum atomic E-state index is 12.4. The van der Waals surface area contributed by atoms with E-state index in [4.69, 9.17) is 11.6 Å². The number of rotatable bonds is 5. The minimum absolute atomic E-state index is 0.215. The summed E-state index contributed by atoms with van der Waals surface area (Å²) < 4.78 is 1.88. The zero-order chi connectivity index (χ0) is 16.9. The normalized spacial score (nSPS) is 15.7. The first-order chi connectivity index (χ1) is 11.6. The van der Waals surface area contributed by atoms with Crippen LogP contribution in [0.4, 0.5) is 0 Å². The fourth-order valence-electron chi connectivity index (χ4n) is 3.04. The van der Waals surface area contributed by atoms with Crippen molar-refractivity contribution in [2.75, 3.05) is 26.2 Å². The third kappa shape index (κ3) is 4.36. The van der Waals surface area contributed by atoms with Crippen molar-refractivity contribution in [3.63, 3.8) is 0 Å². The van der Waals surface area contributed by atoms with Crippen molar-refractivity contribution < 1.29 is 4.79 Å². The lowest BCUT2D eigenvalue weighted by atomic mass is 10.2. The molecule has 128 valence electrons. The molecule has 2 heterocycles. The molecule has 3 rings (SSSR count). The van der Waals surface area contributed by atoms with Crippen molar-refractivity contribution in [2.45, 2.75) is 26.4 Å². The minimum Gasteiger partial charge on any atom is -0.340 e.